The molecular formula is C19H31N3O2. The van der Waals surface area contributed by atoms with Crippen LogP contribution in [0.2, 0.25) is 0 Å². The molecular weight excluding hydrogens is 302 g/mol. The SMILES string of the molecule is CC(NC(=O)NCC1(N(C)C)CCOCC1)C(C)c1ccccc1. The minimum absolute atomic E-state index is 0.0100. The van der Waals surface area contributed by atoms with Crippen molar-refractivity contribution in [1.29, 1.82) is 0 Å². The smallest absolute Gasteiger partial charge is 0.315 e. The predicted molar refractivity (Wildman–Crippen MR) is 97.3 cm³/mol. The van der Waals surface area contributed by atoms with Gasteiger partial charge < -0.3 is 20.3 Å². The number of rotatable bonds is 6. The standard InChI is InChI=1S/C19H31N3O2/c1-15(17-8-6-5-7-9-17)16(2)21-18(23)20-14-19(22(3)4)10-12-24-13-11-19/h5-9,15-16H,10-14H2,1-4H3,(H2,20,21,23). The molecule has 1 heterocycles. The maximum atomic E-state index is 12.3. The van der Waals surface area contributed by atoms with Crippen LogP contribution in [-0.2, 0) is 4.74 Å². The maximum absolute atomic E-state index is 12.3. The van der Waals surface area contributed by atoms with Gasteiger partial charge in [-0.25, -0.2) is 4.79 Å². The van der Waals surface area contributed by atoms with E-state index in [0.29, 0.717) is 6.54 Å². The van der Waals surface area contributed by atoms with Crippen molar-refractivity contribution in [3.05, 3.63) is 35.9 Å². The Bertz CT molecular complexity index is 513. The molecule has 1 aromatic carbocycles. The Hall–Kier alpha value is -1.59. The Morgan fingerprint density at radius 1 is 1.21 bits per heavy atom. The molecule has 5 nitrogen and oxygen atoms in total. The molecule has 2 atom stereocenters. The third-order valence-electron chi connectivity index (χ3n) is 5.38. The zero-order valence-corrected chi connectivity index (χ0v) is 15.3. The molecule has 1 saturated heterocycles. The van der Waals surface area contributed by atoms with Crippen molar-refractivity contribution >= 4 is 6.03 Å². The number of nitrogens with one attached hydrogen (secondary N) is 2. The Balaban J connectivity index is 1.86. The minimum Gasteiger partial charge on any atom is -0.381 e. The van der Waals surface area contributed by atoms with E-state index >= 15 is 0 Å². The Labute approximate surface area is 145 Å². The largest absolute Gasteiger partial charge is 0.381 e. The summed E-state index contributed by atoms with van der Waals surface area (Å²) in [5, 5.41) is 6.14. The lowest BCUT2D eigenvalue weighted by Gasteiger charge is -2.42. The molecule has 134 valence electrons. The number of hydrogen-bond donors (Lipinski definition) is 2. The number of benzene rings is 1. The molecule has 2 rings (SSSR count). The molecule has 24 heavy (non-hydrogen) atoms. The van der Waals surface area contributed by atoms with Crippen LogP contribution in [0, 0.1) is 0 Å². The van der Waals surface area contributed by atoms with Gasteiger partial charge in [0.2, 0.25) is 0 Å². The first-order valence-corrected chi connectivity index (χ1v) is 8.79. The number of carbonyl (C=O) groups is 1. The number of urea groups is 1. The molecule has 0 aromatic heterocycles. The molecule has 2 N–H and O–H groups in total. The lowest BCUT2D eigenvalue weighted by Crippen LogP contribution is -2.57. The van der Waals surface area contributed by atoms with Crippen molar-refractivity contribution in [1.82, 2.24) is 15.5 Å². The zero-order chi connectivity index (χ0) is 17.6. The fraction of sp³-hybridized carbons (Fsp3) is 0.632. The highest BCUT2D eigenvalue weighted by molar-refractivity contribution is 5.74. The van der Waals surface area contributed by atoms with Crippen LogP contribution >= 0.6 is 0 Å². The van der Waals surface area contributed by atoms with Crippen molar-refractivity contribution in [3.8, 4) is 0 Å². The summed E-state index contributed by atoms with van der Waals surface area (Å²) in [4.78, 5) is 14.5. The number of ether oxygens (including phenoxy) is 1. The number of carbonyl (C=O) groups excluding carboxylic acids is 1. The summed E-state index contributed by atoms with van der Waals surface area (Å²) < 4.78 is 5.47. The van der Waals surface area contributed by atoms with E-state index in [1.54, 1.807) is 0 Å². The van der Waals surface area contributed by atoms with E-state index in [1.165, 1.54) is 5.56 Å². The van der Waals surface area contributed by atoms with Gasteiger partial charge in [-0.2, -0.15) is 0 Å². The predicted octanol–water partition coefficient (Wildman–Crippen LogP) is 2.59. The Morgan fingerprint density at radius 2 is 1.83 bits per heavy atom. The van der Waals surface area contributed by atoms with E-state index in [-0.39, 0.29) is 23.5 Å². The Morgan fingerprint density at radius 3 is 2.42 bits per heavy atom. The van der Waals surface area contributed by atoms with E-state index in [1.807, 2.05) is 25.1 Å². The summed E-state index contributed by atoms with van der Waals surface area (Å²) in [7, 11) is 4.15. The van der Waals surface area contributed by atoms with Crippen LogP contribution in [0.3, 0.4) is 0 Å². The van der Waals surface area contributed by atoms with E-state index in [9.17, 15) is 4.79 Å². The summed E-state index contributed by atoms with van der Waals surface area (Å²) in [5.41, 5.74) is 1.23. The lowest BCUT2D eigenvalue weighted by molar-refractivity contribution is -0.00575. The van der Waals surface area contributed by atoms with Crippen LogP contribution in [0.25, 0.3) is 0 Å². The van der Waals surface area contributed by atoms with Crippen LogP contribution < -0.4 is 10.6 Å². The molecule has 0 saturated carbocycles. The molecule has 5 heteroatoms. The molecule has 0 radical (unpaired) electrons. The molecule has 0 spiro atoms. The van der Waals surface area contributed by atoms with Gasteiger partial charge in [-0.3, -0.25) is 0 Å². The summed E-state index contributed by atoms with van der Waals surface area (Å²) in [6.45, 7) is 6.33. The second-order valence-electron chi connectivity index (χ2n) is 7.05. The molecule has 2 unspecified atom stereocenters. The van der Waals surface area contributed by atoms with E-state index in [4.69, 9.17) is 4.74 Å². The van der Waals surface area contributed by atoms with Gasteiger partial charge in [0.25, 0.3) is 0 Å². The fourth-order valence-electron chi connectivity index (χ4n) is 3.21. The van der Waals surface area contributed by atoms with Gasteiger partial charge in [-0.05, 0) is 39.4 Å². The average Bonchev–Trinajstić information content (AvgIpc) is 2.60. The van der Waals surface area contributed by atoms with E-state index in [2.05, 4.69) is 48.7 Å². The summed E-state index contributed by atoms with van der Waals surface area (Å²) in [6.07, 6.45) is 1.88. The van der Waals surface area contributed by atoms with Crippen LogP contribution in [0.1, 0.15) is 38.2 Å². The molecule has 1 fully saturated rings. The number of nitrogens with zero attached hydrogens (tertiary/aromatic N) is 1. The van der Waals surface area contributed by atoms with Gasteiger partial charge in [0.1, 0.15) is 0 Å². The molecule has 0 bridgehead atoms. The normalized spacial score (nSPS) is 19.5. The van der Waals surface area contributed by atoms with Crippen molar-refractivity contribution in [2.45, 2.75) is 44.2 Å². The quantitative estimate of drug-likeness (QED) is 0.841. The van der Waals surface area contributed by atoms with Crippen molar-refractivity contribution in [2.75, 3.05) is 33.9 Å². The van der Waals surface area contributed by atoms with Crippen LogP contribution in [0.4, 0.5) is 4.79 Å². The maximum Gasteiger partial charge on any atom is 0.315 e. The average molecular weight is 333 g/mol. The molecule has 0 aliphatic carbocycles. The second kappa shape index (κ2) is 8.49. The van der Waals surface area contributed by atoms with Crippen LogP contribution in [-0.4, -0.2) is 56.4 Å². The highest BCUT2D eigenvalue weighted by atomic mass is 16.5. The third-order valence-corrected chi connectivity index (χ3v) is 5.38. The lowest BCUT2D eigenvalue weighted by atomic mass is 9.88. The summed E-state index contributed by atoms with van der Waals surface area (Å²) in [6, 6.07) is 10.2. The second-order valence-corrected chi connectivity index (χ2v) is 7.05. The molecule has 2 amide bonds. The highest BCUT2D eigenvalue weighted by Crippen LogP contribution is 2.25. The van der Waals surface area contributed by atoms with Gasteiger partial charge >= 0.3 is 6.03 Å². The van der Waals surface area contributed by atoms with Crippen LogP contribution in [0.5, 0.6) is 0 Å². The summed E-state index contributed by atoms with van der Waals surface area (Å²) in [5.74, 6) is 0.267. The first kappa shape index (κ1) is 18.7. The summed E-state index contributed by atoms with van der Waals surface area (Å²) >= 11 is 0. The highest BCUT2D eigenvalue weighted by Gasteiger charge is 2.35. The first-order chi connectivity index (χ1) is 11.4. The van der Waals surface area contributed by atoms with Gasteiger partial charge in [0.05, 0.1) is 0 Å². The number of amides is 2. The van der Waals surface area contributed by atoms with E-state index in [0.717, 1.165) is 26.1 Å². The first-order valence-electron chi connectivity index (χ1n) is 8.79. The van der Waals surface area contributed by atoms with Gasteiger partial charge in [0.15, 0.2) is 0 Å². The minimum atomic E-state index is -0.0991. The van der Waals surface area contributed by atoms with Crippen molar-refractivity contribution < 1.29 is 9.53 Å². The molecule has 1 aliphatic rings. The Kier molecular flexibility index (Phi) is 6.63. The topological polar surface area (TPSA) is 53.6 Å². The van der Waals surface area contributed by atoms with Crippen molar-refractivity contribution in [3.63, 3.8) is 0 Å². The van der Waals surface area contributed by atoms with Gasteiger partial charge in [-0.1, -0.05) is 37.3 Å². The van der Waals surface area contributed by atoms with Crippen molar-refractivity contribution in [2.24, 2.45) is 0 Å². The van der Waals surface area contributed by atoms with Gasteiger partial charge in [-0.15, -0.1) is 0 Å². The monoisotopic (exact) mass is 333 g/mol. The zero-order valence-electron chi connectivity index (χ0n) is 15.3. The van der Waals surface area contributed by atoms with Crippen LogP contribution in [0.15, 0.2) is 30.3 Å². The number of likely N-dealkylation sites (N-methyl/N-ethyl adjacent to an activating group) is 1. The molecule has 1 aliphatic heterocycles. The van der Waals surface area contributed by atoms with E-state index < -0.39 is 0 Å². The molecule has 1 aromatic rings. The van der Waals surface area contributed by atoms with Gasteiger partial charge in [0, 0.05) is 37.3 Å². The third kappa shape index (κ3) is 4.71. The fourth-order valence-corrected chi connectivity index (χ4v) is 3.21. The number of hydrogen-bond acceptors (Lipinski definition) is 3.